The summed E-state index contributed by atoms with van der Waals surface area (Å²) >= 11 is 0. The summed E-state index contributed by atoms with van der Waals surface area (Å²) in [4.78, 5) is 19.1. The van der Waals surface area contributed by atoms with Crippen LogP contribution in [0.3, 0.4) is 0 Å². The van der Waals surface area contributed by atoms with Crippen LogP contribution in [0.2, 0.25) is 0 Å². The summed E-state index contributed by atoms with van der Waals surface area (Å²) in [7, 11) is 8.29. The number of aryl methyl sites for hydroxylation is 4. The number of nitrogens with zero attached hydrogens (tertiary/aromatic N) is 6. The normalized spacial score (nSPS) is 12.3. The first-order valence-electron chi connectivity index (χ1n) is 23.0. The second-order valence-electron chi connectivity index (χ2n) is 18.1. The molecule has 2 aliphatic rings. The quantitative estimate of drug-likeness (QED) is 0.134. The number of pyridine rings is 4. The van der Waals surface area contributed by atoms with Crippen LogP contribution in [0, 0.1) is 0 Å². The van der Waals surface area contributed by atoms with Gasteiger partial charge in [0.15, 0.2) is 43.4 Å². The van der Waals surface area contributed by atoms with E-state index in [1.165, 1.54) is 32.3 Å². The minimum atomic E-state index is 0.864. The zero-order valence-electron chi connectivity index (χ0n) is 38.2. The van der Waals surface area contributed by atoms with E-state index >= 15 is 0 Å². The van der Waals surface area contributed by atoms with Crippen molar-refractivity contribution < 1.29 is 18.3 Å². The maximum absolute atomic E-state index is 5.66. The fraction of sp³-hybridized carbons (Fsp3) is 0.0667. The van der Waals surface area contributed by atoms with Gasteiger partial charge in [-0.3, -0.25) is 0 Å². The van der Waals surface area contributed by atoms with Crippen molar-refractivity contribution in [1.82, 2.24) is 19.9 Å². The van der Waals surface area contributed by atoms with Crippen molar-refractivity contribution in [3.8, 4) is 55.8 Å². The smallest absolute Gasteiger partial charge is 0.220 e. The number of fused-ring (bicyclic) bond motifs is 8. The standard InChI is InChI=1S/C60H45N8/c1-65-31-24-40(25-32-65)56-46-16-18-48(61-46)57(41-26-33-66(2)34-27-41)50-20-22-52(63-50)59(53-23-21-51(64-53)58(49-19-17-47(56)62-49)42-28-35-67(3)36-29-42)45-9-6-30-68(4)60(45)44-15-13-39-11-10-37-7-5-8-38-12-14-43(44)55(39)54(37)38/h5-36H,1-4H3,(H,61,62,63,64)/q+3/p+1. The molecule has 2 aliphatic heterocycles. The first kappa shape index (κ1) is 39.5. The van der Waals surface area contributed by atoms with E-state index in [0.29, 0.717) is 0 Å². The lowest BCUT2D eigenvalue weighted by molar-refractivity contribution is -0.671. The minimum absolute atomic E-state index is 0.864. The van der Waals surface area contributed by atoms with Gasteiger partial charge in [0.05, 0.1) is 33.9 Å². The molecule has 7 aromatic heterocycles. The highest BCUT2D eigenvalue weighted by Gasteiger charge is 2.26. The number of benzene rings is 4. The number of nitrogens with one attached hydrogen (secondary N) is 2. The molecule has 11 aromatic rings. The Morgan fingerprint density at radius 2 is 0.765 bits per heavy atom. The molecule has 0 unspecified atom stereocenters. The van der Waals surface area contributed by atoms with Crippen molar-refractivity contribution in [2.45, 2.75) is 0 Å². The molecule has 4 aromatic carbocycles. The van der Waals surface area contributed by atoms with Crippen LogP contribution in [0.15, 0.2) is 171 Å². The zero-order chi connectivity index (χ0) is 45.6. The monoisotopic (exact) mass is 878 g/mol. The van der Waals surface area contributed by atoms with Crippen LogP contribution in [-0.2, 0) is 28.2 Å². The summed E-state index contributed by atoms with van der Waals surface area (Å²) in [6.45, 7) is 0. The number of H-pyrrole nitrogens is 2. The molecule has 0 aliphatic carbocycles. The molecule has 13 rings (SSSR count). The Morgan fingerprint density at radius 3 is 1.25 bits per heavy atom. The fourth-order valence-corrected chi connectivity index (χ4v) is 10.5. The Hall–Kier alpha value is -8.88. The molecule has 0 spiro atoms. The number of rotatable bonds is 5. The highest BCUT2D eigenvalue weighted by molar-refractivity contribution is 6.25. The third-order valence-electron chi connectivity index (χ3n) is 13.8. The van der Waals surface area contributed by atoms with Crippen LogP contribution in [-0.4, -0.2) is 19.9 Å². The van der Waals surface area contributed by atoms with Crippen LogP contribution in [0.1, 0.15) is 22.8 Å². The zero-order valence-corrected chi connectivity index (χ0v) is 38.2. The maximum atomic E-state index is 5.66. The molecule has 2 N–H and O–H groups in total. The number of hydrogen-bond donors (Lipinski definition) is 2. The number of aromatic amines is 2. The highest BCUT2D eigenvalue weighted by Crippen LogP contribution is 2.43. The van der Waals surface area contributed by atoms with Gasteiger partial charge in [0, 0.05) is 86.8 Å². The third-order valence-corrected chi connectivity index (χ3v) is 13.8. The van der Waals surface area contributed by atoms with E-state index in [4.69, 9.17) is 9.97 Å². The molecule has 0 atom stereocenters. The van der Waals surface area contributed by atoms with Crippen LogP contribution >= 0.6 is 0 Å². The van der Waals surface area contributed by atoms with Crippen molar-refractivity contribution in [3.05, 3.63) is 194 Å². The second kappa shape index (κ2) is 15.4. The van der Waals surface area contributed by atoms with Gasteiger partial charge < -0.3 is 9.97 Å². The van der Waals surface area contributed by atoms with E-state index in [-0.39, 0.29) is 0 Å². The average molecular weight is 879 g/mol. The predicted molar refractivity (Wildman–Crippen MR) is 274 cm³/mol. The van der Waals surface area contributed by atoms with Gasteiger partial charge in [-0.05, 0) is 110 Å². The Kier molecular flexibility index (Phi) is 8.92. The van der Waals surface area contributed by atoms with Gasteiger partial charge in [0.2, 0.25) is 5.69 Å². The summed E-state index contributed by atoms with van der Waals surface area (Å²) < 4.78 is 8.45. The first-order valence-corrected chi connectivity index (χ1v) is 23.0. The lowest BCUT2D eigenvalue weighted by Gasteiger charge is -2.15. The lowest BCUT2D eigenvalue weighted by Crippen LogP contribution is -2.31. The molecule has 8 bridgehead atoms. The molecule has 0 saturated carbocycles. The molecular formula is C60H46N8+4. The fourth-order valence-electron chi connectivity index (χ4n) is 10.5. The summed E-state index contributed by atoms with van der Waals surface area (Å²) in [5, 5.41) is 7.53. The van der Waals surface area contributed by atoms with E-state index < -0.39 is 0 Å². The van der Waals surface area contributed by atoms with Crippen LogP contribution < -0.4 is 18.3 Å². The summed E-state index contributed by atoms with van der Waals surface area (Å²) in [6.07, 6.45) is 23.4. The van der Waals surface area contributed by atoms with E-state index in [1.807, 2.05) is 21.1 Å². The van der Waals surface area contributed by atoms with E-state index in [0.717, 1.165) is 101 Å². The molecule has 8 nitrogen and oxygen atoms in total. The van der Waals surface area contributed by atoms with Crippen LogP contribution in [0.25, 0.3) is 134 Å². The molecule has 68 heavy (non-hydrogen) atoms. The van der Waals surface area contributed by atoms with Crippen molar-refractivity contribution in [1.29, 1.82) is 0 Å². The molecule has 0 fully saturated rings. The SMILES string of the molecule is C[n+]1ccc(-c2c3nc(c(-c4cc[n+](C)cc4)c4ccc([nH]4)c(-c4ccc[n+](C)c4-c4ccc5ccc6cccc7ccc4c5c67)c4nc(c(-c5cc[n+](C)cc5)c5ccc2[nH]5)C=C4)C=C3)cc1. The van der Waals surface area contributed by atoms with Crippen molar-refractivity contribution >= 4 is 78.7 Å². The average Bonchev–Trinajstić information content (AvgIpc) is 4.21. The summed E-state index contributed by atoms with van der Waals surface area (Å²) in [5.74, 6) is 0. The number of hydrogen-bond acceptors (Lipinski definition) is 2. The highest BCUT2D eigenvalue weighted by atomic mass is 14.9. The van der Waals surface area contributed by atoms with Gasteiger partial charge in [0.1, 0.15) is 28.2 Å². The third kappa shape index (κ3) is 6.36. The van der Waals surface area contributed by atoms with Gasteiger partial charge in [-0.2, -0.15) is 0 Å². The van der Waals surface area contributed by atoms with Gasteiger partial charge in [-0.15, -0.1) is 0 Å². The molecular weight excluding hydrogens is 833 g/mol. The van der Waals surface area contributed by atoms with E-state index in [9.17, 15) is 0 Å². The molecule has 0 saturated heterocycles. The molecule has 0 radical (unpaired) electrons. The minimum Gasteiger partial charge on any atom is -0.354 e. The number of aromatic nitrogens is 8. The van der Waals surface area contributed by atoms with Crippen LogP contribution in [0.4, 0.5) is 0 Å². The largest absolute Gasteiger partial charge is 0.354 e. The van der Waals surface area contributed by atoms with Gasteiger partial charge in [0.25, 0.3) is 0 Å². The molecule has 9 heterocycles. The Balaban J connectivity index is 1.18. The first-order chi connectivity index (χ1) is 33.3. The molecule has 0 amide bonds. The Morgan fingerprint density at radius 1 is 0.353 bits per heavy atom. The van der Waals surface area contributed by atoms with Gasteiger partial charge in [-0.25, -0.2) is 28.2 Å². The predicted octanol–water partition coefficient (Wildman–Crippen LogP) is 11.2. The maximum Gasteiger partial charge on any atom is 0.220 e. The second-order valence-corrected chi connectivity index (χ2v) is 18.1. The van der Waals surface area contributed by atoms with Crippen molar-refractivity contribution in [2.24, 2.45) is 28.2 Å². The van der Waals surface area contributed by atoms with Gasteiger partial charge in [-0.1, -0.05) is 48.5 Å². The van der Waals surface area contributed by atoms with Crippen molar-refractivity contribution in [2.75, 3.05) is 0 Å². The van der Waals surface area contributed by atoms with Crippen molar-refractivity contribution in [3.63, 3.8) is 0 Å². The Labute approximate surface area is 392 Å². The topological polar surface area (TPSA) is 72.9 Å². The summed E-state index contributed by atoms with van der Waals surface area (Å²) in [6, 6.07) is 46.4. The van der Waals surface area contributed by atoms with E-state index in [2.05, 4.69) is 230 Å². The van der Waals surface area contributed by atoms with Crippen LogP contribution in [0.5, 0.6) is 0 Å². The summed E-state index contributed by atoms with van der Waals surface area (Å²) in [5.41, 5.74) is 17.9. The van der Waals surface area contributed by atoms with E-state index in [1.54, 1.807) is 0 Å². The molecule has 322 valence electrons. The Bertz CT molecular complexity index is 4040. The van der Waals surface area contributed by atoms with Gasteiger partial charge >= 0.3 is 0 Å². The lowest BCUT2D eigenvalue weighted by atomic mass is 9.89. The molecule has 8 heteroatoms.